The zero-order valence-electron chi connectivity index (χ0n) is 14.2. The molecule has 0 atom stereocenters. The smallest absolute Gasteiger partial charge is 0.269 e. The molecule has 0 spiro atoms. The molecule has 4 N–H and O–H groups in total. The van der Waals surface area contributed by atoms with Gasteiger partial charge < -0.3 is 10.7 Å². The molecule has 136 valence electrons. The van der Waals surface area contributed by atoms with Crippen molar-refractivity contribution in [1.29, 1.82) is 0 Å². The zero-order chi connectivity index (χ0) is 18.3. The normalized spacial score (nSPS) is 16.3. The molecule has 1 aliphatic carbocycles. The Kier molecular flexibility index (Phi) is 4.16. The third-order valence-electron chi connectivity index (χ3n) is 4.96. The van der Waals surface area contributed by atoms with Gasteiger partial charge in [-0.15, -0.1) is 0 Å². The third-order valence-corrected chi connectivity index (χ3v) is 6.48. The maximum absolute atomic E-state index is 12.8. The maximum atomic E-state index is 12.8. The van der Waals surface area contributed by atoms with Gasteiger partial charge in [0.2, 0.25) is 10.0 Å². The number of carbonyl (C=O) groups excluding carboxylic acids is 1. The van der Waals surface area contributed by atoms with Crippen LogP contribution in [0.2, 0.25) is 0 Å². The van der Waals surface area contributed by atoms with Crippen LogP contribution in [0.5, 0.6) is 0 Å². The van der Waals surface area contributed by atoms with Gasteiger partial charge in [-0.3, -0.25) is 4.79 Å². The van der Waals surface area contributed by atoms with E-state index < -0.39 is 15.9 Å². The number of amides is 1. The number of nitrogens with two attached hydrogens (primary N) is 1. The lowest BCUT2D eigenvalue weighted by Gasteiger charge is -2.22. The number of carbonyl (C=O) groups is 1. The van der Waals surface area contributed by atoms with E-state index in [1.54, 1.807) is 24.3 Å². The summed E-state index contributed by atoms with van der Waals surface area (Å²) >= 11 is 0. The zero-order valence-corrected chi connectivity index (χ0v) is 15.0. The van der Waals surface area contributed by atoms with Gasteiger partial charge in [0, 0.05) is 28.5 Å². The summed E-state index contributed by atoms with van der Waals surface area (Å²) in [6, 6.07) is 6.64. The number of hydrogen-bond donors (Lipinski definition) is 3. The monoisotopic (exact) mass is 372 g/mol. The molecule has 1 fully saturated rings. The van der Waals surface area contributed by atoms with Crippen LogP contribution in [0.25, 0.3) is 21.8 Å². The molecule has 0 aliphatic heterocycles. The second kappa shape index (κ2) is 6.37. The van der Waals surface area contributed by atoms with Crippen LogP contribution in [0.15, 0.2) is 35.4 Å². The molecule has 2 heterocycles. The number of primary amides is 1. The van der Waals surface area contributed by atoms with Crippen molar-refractivity contribution in [3.63, 3.8) is 0 Å². The number of hydrogen-bond acceptors (Lipinski definition) is 4. The number of nitrogens with zero attached hydrogens (tertiary/aromatic N) is 1. The lowest BCUT2D eigenvalue weighted by Crippen LogP contribution is -2.36. The molecule has 0 unspecified atom stereocenters. The number of aromatic amines is 1. The highest BCUT2D eigenvalue weighted by Gasteiger charge is 2.23. The second-order valence-electron chi connectivity index (χ2n) is 6.73. The standard InChI is InChI=1S/C18H20N4O3S/c19-18(23)17-16-13(8-9-20-17)14-10-12(6-7-15(14)21-16)26(24,25)22-11-4-2-1-3-5-11/h6-11,21-22H,1-5H2,(H2,19,23). The molecular formula is C18H20N4O3S. The maximum Gasteiger partial charge on any atom is 0.269 e. The van der Waals surface area contributed by atoms with Crippen LogP contribution in [-0.2, 0) is 10.0 Å². The molecule has 7 nitrogen and oxygen atoms in total. The van der Waals surface area contributed by atoms with E-state index in [0.717, 1.165) is 48.4 Å². The summed E-state index contributed by atoms with van der Waals surface area (Å²) in [7, 11) is -3.60. The van der Waals surface area contributed by atoms with Gasteiger partial charge in [0.05, 0.1) is 10.4 Å². The Hall–Kier alpha value is -2.45. The first-order chi connectivity index (χ1) is 12.5. The summed E-state index contributed by atoms with van der Waals surface area (Å²) < 4.78 is 28.4. The van der Waals surface area contributed by atoms with Gasteiger partial charge in [0.25, 0.3) is 5.91 Å². The number of pyridine rings is 1. The van der Waals surface area contributed by atoms with Crippen molar-refractivity contribution in [2.45, 2.75) is 43.0 Å². The highest BCUT2D eigenvalue weighted by atomic mass is 32.2. The Morgan fingerprint density at radius 2 is 1.92 bits per heavy atom. The summed E-state index contributed by atoms with van der Waals surface area (Å²) in [5.41, 5.74) is 6.77. The first-order valence-corrected chi connectivity index (χ1v) is 10.2. The average Bonchev–Trinajstić information content (AvgIpc) is 3.00. The van der Waals surface area contributed by atoms with Crippen molar-refractivity contribution in [3.05, 3.63) is 36.2 Å². The van der Waals surface area contributed by atoms with Gasteiger partial charge >= 0.3 is 0 Å². The Balaban J connectivity index is 1.78. The van der Waals surface area contributed by atoms with Crippen molar-refractivity contribution >= 4 is 37.7 Å². The van der Waals surface area contributed by atoms with Crippen LogP contribution in [0.1, 0.15) is 42.6 Å². The van der Waals surface area contributed by atoms with Crippen molar-refractivity contribution in [2.75, 3.05) is 0 Å². The summed E-state index contributed by atoms with van der Waals surface area (Å²) in [5.74, 6) is -0.631. The molecule has 0 radical (unpaired) electrons. The number of nitrogens with one attached hydrogen (secondary N) is 2. The topological polar surface area (TPSA) is 118 Å². The Bertz CT molecular complexity index is 1100. The fourth-order valence-electron chi connectivity index (χ4n) is 3.66. The van der Waals surface area contributed by atoms with Gasteiger partial charge in [-0.1, -0.05) is 19.3 Å². The van der Waals surface area contributed by atoms with E-state index in [9.17, 15) is 13.2 Å². The second-order valence-corrected chi connectivity index (χ2v) is 8.45. The number of fused-ring (bicyclic) bond motifs is 3. The number of rotatable bonds is 4. The molecule has 8 heteroatoms. The van der Waals surface area contributed by atoms with E-state index in [0.29, 0.717) is 5.52 Å². The minimum Gasteiger partial charge on any atom is -0.364 e. The summed E-state index contributed by atoms with van der Waals surface area (Å²) in [6.45, 7) is 0. The molecule has 1 aliphatic rings. The molecule has 2 aromatic heterocycles. The number of H-pyrrole nitrogens is 1. The van der Waals surface area contributed by atoms with Crippen molar-refractivity contribution in [1.82, 2.24) is 14.7 Å². The molecule has 0 bridgehead atoms. The summed E-state index contributed by atoms with van der Waals surface area (Å²) in [6.07, 6.45) is 6.52. The molecule has 26 heavy (non-hydrogen) atoms. The molecule has 4 rings (SSSR count). The molecule has 1 amide bonds. The molecule has 3 aromatic rings. The van der Waals surface area contributed by atoms with Gasteiger partial charge in [-0.2, -0.15) is 0 Å². The molecular weight excluding hydrogens is 352 g/mol. The quantitative estimate of drug-likeness (QED) is 0.652. The first-order valence-electron chi connectivity index (χ1n) is 8.68. The van der Waals surface area contributed by atoms with E-state index in [4.69, 9.17) is 5.73 Å². The first kappa shape index (κ1) is 17.0. The predicted molar refractivity (Wildman–Crippen MR) is 99.3 cm³/mol. The molecule has 1 aromatic carbocycles. The fraction of sp³-hybridized carbons (Fsp3) is 0.333. The molecule has 1 saturated carbocycles. The van der Waals surface area contributed by atoms with Crippen LogP contribution in [0.3, 0.4) is 0 Å². The van der Waals surface area contributed by atoms with Crippen molar-refractivity contribution in [2.24, 2.45) is 5.73 Å². The minimum absolute atomic E-state index is 0.00178. The number of aromatic nitrogens is 2. The molecule has 0 saturated heterocycles. The van der Waals surface area contributed by atoms with E-state index >= 15 is 0 Å². The number of benzene rings is 1. The van der Waals surface area contributed by atoms with Gasteiger partial charge in [0.1, 0.15) is 0 Å². The van der Waals surface area contributed by atoms with Gasteiger partial charge in [0.15, 0.2) is 5.69 Å². The van der Waals surface area contributed by atoms with Gasteiger partial charge in [-0.25, -0.2) is 18.1 Å². The highest BCUT2D eigenvalue weighted by molar-refractivity contribution is 7.89. The minimum atomic E-state index is -3.60. The van der Waals surface area contributed by atoms with Crippen LogP contribution in [-0.4, -0.2) is 30.3 Å². The summed E-state index contributed by atoms with van der Waals surface area (Å²) in [4.78, 5) is 18.9. The Labute approximate surface area is 151 Å². The van der Waals surface area contributed by atoms with E-state index in [2.05, 4.69) is 14.7 Å². The van der Waals surface area contributed by atoms with Crippen molar-refractivity contribution in [3.8, 4) is 0 Å². The average molecular weight is 372 g/mol. The van der Waals surface area contributed by atoms with E-state index in [1.807, 2.05) is 0 Å². The predicted octanol–water partition coefficient (Wildman–Crippen LogP) is 2.43. The van der Waals surface area contributed by atoms with Crippen LogP contribution >= 0.6 is 0 Å². The Morgan fingerprint density at radius 3 is 2.65 bits per heavy atom. The van der Waals surface area contributed by atoms with Crippen molar-refractivity contribution < 1.29 is 13.2 Å². The van der Waals surface area contributed by atoms with E-state index in [-0.39, 0.29) is 16.6 Å². The fourth-order valence-corrected chi connectivity index (χ4v) is 5.00. The van der Waals surface area contributed by atoms with Gasteiger partial charge in [-0.05, 0) is 37.1 Å². The van der Waals surface area contributed by atoms with Crippen LogP contribution in [0, 0.1) is 0 Å². The highest BCUT2D eigenvalue weighted by Crippen LogP contribution is 2.29. The van der Waals surface area contributed by atoms with Crippen LogP contribution < -0.4 is 10.5 Å². The lowest BCUT2D eigenvalue weighted by molar-refractivity contribution is 0.0997. The third kappa shape index (κ3) is 2.95. The lowest BCUT2D eigenvalue weighted by atomic mass is 9.96. The SMILES string of the molecule is NC(=O)c1nccc2c1[nH]c1ccc(S(=O)(=O)NC3CCCCC3)cc12. The number of sulfonamides is 1. The van der Waals surface area contributed by atoms with Crippen LogP contribution in [0.4, 0.5) is 0 Å². The largest absolute Gasteiger partial charge is 0.364 e. The Morgan fingerprint density at radius 1 is 1.15 bits per heavy atom. The van der Waals surface area contributed by atoms with E-state index in [1.165, 1.54) is 6.20 Å². The summed E-state index contributed by atoms with van der Waals surface area (Å²) in [5, 5.41) is 1.44.